The normalized spacial score (nSPS) is 16.4. The van der Waals surface area contributed by atoms with Crippen molar-refractivity contribution in [3.05, 3.63) is 63.3 Å². The van der Waals surface area contributed by atoms with Gasteiger partial charge in [-0.15, -0.1) is 0 Å². The minimum absolute atomic E-state index is 0.202. The fourth-order valence-corrected chi connectivity index (χ4v) is 5.38. The number of nitrogens with one attached hydrogen (secondary N) is 1. The summed E-state index contributed by atoms with van der Waals surface area (Å²) in [6, 6.07) is 7.32. The molecule has 182 valence electrons. The molecule has 2 aliphatic rings. The number of amides is 2. The predicted molar refractivity (Wildman–Crippen MR) is 132 cm³/mol. The van der Waals surface area contributed by atoms with Gasteiger partial charge in [0.25, 0.3) is 5.91 Å². The summed E-state index contributed by atoms with van der Waals surface area (Å²) < 4.78 is 2.16. The molecular formula is C27H36N4O3. The van der Waals surface area contributed by atoms with Gasteiger partial charge in [0.2, 0.25) is 5.91 Å². The Morgan fingerprint density at radius 1 is 1.15 bits per heavy atom. The summed E-state index contributed by atoms with van der Waals surface area (Å²) in [6.07, 6.45) is 10.2. The molecule has 0 aromatic carbocycles. The molecule has 1 saturated heterocycles. The predicted octanol–water partition coefficient (Wildman–Crippen LogP) is 3.27. The first kappa shape index (κ1) is 24.2. The topological polar surface area (TPSA) is 84.3 Å². The lowest BCUT2D eigenvalue weighted by Crippen LogP contribution is -2.35. The van der Waals surface area contributed by atoms with Crippen molar-refractivity contribution in [2.24, 2.45) is 5.92 Å². The van der Waals surface area contributed by atoms with Gasteiger partial charge in [-0.3, -0.25) is 19.4 Å². The first-order chi connectivity index (χ1) is 16.5. The molecule has 2 fully saturated rings. The summed E-state index contributed by atoms with van der Waals surface area (Å²) in [7, 11) is 0. The molecule has 34 heavy (non-hydrogen) atoms. The lowest BCUT2D eigenvalue weighted by Gasteiger charge is -2.23. The van der Waals surface area contributed by atoms with E-state index in [-0.39, 0.29) is 22.8 Å². The number of aryl methyl sites for hydroxylation is 1. The number of carbonyl (C=O) groups excluding carboxylic acids is 2. The van der Waals surface area contributed by atoms with Crippen molar-refractivity contribution in [2.75, 3.05) is 19.6 Å². The maximum Gasteiger partial charge on any atom is 0.257 e. The second kappa shape index (κ2) is 11.4. The molecule has 1 N–H and O–H groups in total. The van der Waals surface area contributed by atoms with Crippen LogP contribution in [0.3, 0.4) is 0 Å². The molecule has 1 aliphatic carbocycles. The zero-order chi connectivity index (χ0) is 23.9. The summed E-state index contributed by atoms with van der Waals surface area (Å²) >= 11 is 0. The molecule has 0 bridgehead atoms. The van der Waals surface area contributed by atoms with Crippen LogP contribution in [0.4, 0.5) is 0 Å². The second-order valence-electron chi connectivity index (χ2n) is 9.64. The third kappa shape index (κ3) is 5.93. The first-order valence-corrected chi connectivity index (χ1v) is 12.7. The highest BCUT2D eigenvalue weighted by Gasteiger charge is 2.25. The Kier molecular flexibility index (Phi) is 8.14. The van der Waals surface area contributed by atoms with E-state index in [0.717, 1.165) is 62.3 Å². The summed E-state index contributed by atoms with van der Waals surface area (Å²) in [4.78, 5) is 44.5. The standard InChI is InChI=1S/C27H36N4O3/c1-20-18-24(32)26(27(34)29-14-12-22-10-4-5-13-28-22)23(19-21-8-2-3-9-21)31(20)17-7-16-30-15-6-11-25(30)33/h4-5,10,13,18,21H,2-3,6-9,11-12,14-17,19H2,1H3,(H,29,34). The van der Waals surface area contributed by atoms with E-state index in [2.05, 4.69) is 14.9 Å². The Hall–Kier alpha value is -2.96. The highest BCUT2D eigenvalue weighted by atomic mass is 16.2. The number of rotatable bonds is 10. The zero-order valence-corrected chi connectivity index (χ0v) is 20.2. The van der Waals surface area contributed by atoms with Gasteiger partial charge in [-0.25, -0.2) is 0 Å². The van der Waals surface area contributed by atoms with E-state index in [4.69, 9.17) is 0 Å². The van der Waals surface area contributed by atoms with Crippen LogP contribution in [0.25, 0.3) is 0 Å². The van der Waals surface area contributed by atoms with Crippen LogP contribution in [0.5, 0.6) is 0 Å². The van der Waals surface area contributed by atoms with Gasteiger partial charge in [-0.1, -0.05) is 31.7 Å². The van der Waals surface area contributed by atoms with E-state index in [1.807, 2.05) is 30.0 Å². The Morgan fingerprint density at radius 3 is 2.68 bits per heavy atom. The molecule has 0 spiro atoms. The molecule has 1 aliphatic heterocycles. The number of pyridine rings is 2. The van der Waals surface area contributed by atoms with Crippen LogP contribution in [0.2, 0.25) is 0 Å². The fourth-order valence-electron chi connectivity index (χ4n) is 5.38. The van der Waals surface area contributed by atoms with Crippen LogP contribution in [0, 0.1) is 12.8 Å². The van der Waals surface area contributed by atoms with E-state index in [9.17, 15) is 14.4 Å². The van der Waals surface area contributed by atoms with Crippen LogP contribution >= 0.6 is 0 Å². The maximum atomic E-state index is 13.2. The molecule has 2 amide bonds. The Labute approximate surface area is 201 Å². The molecule has 3 heterocycles. The van der Waals surface area contributed by atoms with Crippen molar-refractivity contribution in [3.63, 3.8) is 0 Å². The Morgan fingerprint density at radius 2 is 1.97 bits per heavy atom. The van der Waals surface area contributed by atoms with Crippen LogP contribution in [-0.2, 0) is 24.2 Å². The SMILES string of the molecule is Cc1cc(=O)c(C(=O)NCCc2ccccn2)c(CC2CCCC2)n1CCCN1CCCC1=O. The first-order valence-electron chi connectivity index (χ1n) is 12.7. The minimum Gasteiger partial charge on any atom is -0.351 e. The highest BCUT2D eigenvalue weighted by molar-refractivity contribution is 5.95. The van der Waals surface area contributed by atoms with Crippen LogP contribution in [0.15, 0.2) is 35.3 Å². The van der Waals surface area contributed by atoms with E-state index < -0.39 is 0 Å². The Bertz CT molecular complexity index is 1060. The molecule has 2 aromatic rings. The third-order valence-corrected chi connectivity index (χ3v) is 7.18. The molecular weight excluding hydrogens is 428 g/mol. The van der Waals surface area contributed by atoms with Crippen LogP contribution < -0.4 is 10.7 Å². The molecule has 0 radical (unpaired) electrons. The monoisotopic (exact) mass is 464 g/mol. The molecule has 1 saturated carbocycles. The molecule has 0 unspecified atom stereocenters. The summed E-state index contributed by atoms with van der Waals surface area (Å²) in [5, 5.41) is 2.96. The van der Waals surface area contributed by atoms with Gasteiger partial charge >= 0.3 is 0 Å². The van der Waals surface area contributed by atoms with E-state index >= 15 is 0 Å². The summed E-state index contributed by atoms with van der Waals surface area (Å²) in [5.74, 6) is 0.445. The van der Waals surface area contributed by atoms with Crippen LogP contribution in [-0.4, -0.2) is 45.9 Å². The number of hydrogen-bond donors (Lipinski definition) is 1. The number of likely N-dealkylation sites (tertiary alicyclic amines) is 1. The fraction of sp³-hybridized carbons (Fsp3) is 0.556. The van der Waals surface area contributed by atoms with Gasteiger partial charge in [0.05, 0.1) is 0 Å². The van der Waals surface area contributed by atoms with Crippen molar-refractivity contribution in [1.29, 1.82) is 0 Å². The van der Waals surface area contributed by atoms with Crippen molar-refractivity contribution in [1.82, 2.24) is 19.8 Å². The maximum absolute atomic E-state index is 13.2. The highest BCUT2D eigenvalue weighted by Crippen LogP contribution is 2.29. The lowest BCUT2D eigenvalue weighted by atomic mass is 9.96. The van der Waals surface area contributed by atoms with Gasteiger partial charge in [-0.2, -0.15) is 0 Å². The van der Waals surface area contributed by atoms with E-state index in [0.29, 0.717) is 31.8 Å². The van der Waals surface area contributed by atoms with Crippen molar-refractivity contribution in [3.8, 4) is 0 Å². The lowest BCUT2D eigenvalue weighted by molar-refractivity contribution is -0.127. The van der Waals surface area contributed by atoms with Crippen molar-refractivity contribution in [2.45, 2.75) is 71.3 Å². The molecule has 7 nitrogen and oxygen atoms in total. The third-order valence-electron chi connectivity index (χ3n) is 7.18. The molecule has 7 heteroatoms. The van der Waals surface area contributed by atoms with Gasteiger partial charge in [0, 0.05) is 68.4 Å². The molecule has 4 rings (SSSR count). The average molecular weight is 465 g/mol. The van der Waals surface area contributed by atoms with Crippen LogP contribution in [0.1, 0.15) is 72.4 Å². The minimum atomic E-state index is -0.294. The summed E-state index contributed by atoms with van der Waals surface area (Å²) in [6.45, 7) is 4.64. The number of aromatic nitrogens is 2. The molecule has 2 aromatic heterocycles. The Balaban J connectivity index is 1.53. The second-order valence-corrected chi connectivity index (χ2v) is 9.64. The summed E-state index contributed by atoms with van der Waals surface area (Å²) in [5.41, 5.74) is 2.74. The number of nitrogens with zero attached hydrogens (tertiary/aromatic N) is 3. The smallest absolute Gasteiger partial charge is 0.257 e. The van der Waals surface area contributed by atoms with Gasteiger partial charge in [0.15, 0.2) is 5.43 Å². The van der Waals surface area contributed by atoms with E-state index in [1.54, 1.807) is 12.3 Å². The molecule has 0 atom stereocenters. The van der Waals surface area contributed by atoms with E-state index in [1.165, 1.54) is 12.8 Å². The quantitative estimate of drug-likeness (QED) is 0.585. The van der Waals surface area contributed by atoms with Crippen molar-refractivity contribution >= 4 is 11.8 Å². The van der Waals surface area contributed by atoms with Gasteiger partial charge < -0.3 is 14.8 Å². The number of hydrogen-bond acceptors (Lipinski definition) is 4. The van der Waals surface area contributed by atoms with Crippen molar-refractivity contribution < 1.29 is 9.59 Å². The largest absolute Gasteiger partial charge is 0.351 e. The zero-order valence-electron chi connectivity index (χ0n) is 20.2. The van der Waals surface area contributed by atoms with Gasteiger partial charge in [-0.05, 0) is 44.2 Å². The number of carbonyl (C=O) groups is 2. The van der Waals surface area contributed by atoms with Gasteiger partial charge in [0.1, 0.15) is 5.56 Å². The average Bonchev–Trinajstić information content (AvgIpc) is 3.48.